The molecule has 108 valence electrons. The van der Waals surface area contributed by atoms with Crippen LogP contribution in [0.3, 0.4) is 0 Å². The molecular formula is C16H26O3. The van der Waals surface area contributed by atoms with E-state index in [9.17, 15) is 0 Å². The van der Waals surface area contributed by atoms with Crippen LogP contribution in [0, 0.1) is 13.8 Å². The molecule has 0 unspecified atom stereocenters. The summed E-state index contributed by atoms with van der Waals surface area (Å²) in [5.41, 5.74) is 3.73. The quantitative estimate of drug-likeness (QED) is 0.673. The molecule has 0 fully saturated rings. The standard InChI is InChI=1S/C16H26O3/c1-6-17-16(18-7-2,19-8-3)12-15-10-9-13(4)14(5)11-15/h9-11H,6-8,12H2,1-5H3. The Morgan fingerprint density at radius 3 is 1.79 bits per heavy atom. The predicted molar refractivity (Wildman–Crippen MR) is 77.2 cm³/mol. The number of hydrogen-bond donors (Lipinski definition) is 0. The van der Waals surface area contributed by atoms with Gasteiger partial charge in [-0.2, -0.15) is 0 Å². The molecule has 0 atom stereocenters. The van der Waals surface area contributed by atoms with Crippen molar-refractivity contribution in [3.05, 3.63) is 34.9 Å². The summed E-state index contributed by atoms with van der Waals surface area (Å²) in [6.45, 7) is 11.8. The van der Waals surface area contributed by atoms with Gasteiger partial charge in [-0.15, -0.1) is 0 Å². The molecule has 0 N–H and O–H groups in total. The summed E-state index contributed by atoms with van der Waals surface area (Å²) in [5, 5.41) is 0. The van der Waals surface area contributed by atoms with E-state index >= 15 is 0 Å². The molecule has 0 heterocycles. The van der Waals surface area contributed by atoms with Crippen LogP contribution < -0.4 is 0 Å². The summed E-state index contributed by atoms with van der Waals surface area (Å²) in [6.07, 6.45) is 0.601. The molecule has 0 aliphatic carbocycles. The molecule has 0 aromatic heterocycles. The number of ether oxygens (including phenoxy) is 3. The third kappa shape index (κ3) is 4.60. The molecule has 3 heteroatoms. The normalized spacial score (nSPS) is 11.8. The summed E-state index contributed by atoms with van der Waals surface area (Å²) < 4.78 is 17.2. The minimum absolute atomic E-state index is 0.560. The zero-order valence-corrected chi connectivity index (χ0v) is 12.8. The second kappa shape index (κ2) is 7.63. The van der Waals surface area contributed by atoms with Crippen molar-refractivity contribution in [2.24, 2.45) is 0 Å². The molecule has 0 aliphatic rings. The Labute approximate surface area is 116 Å². The zero-order chi connectivity index (χ0) is 14.3. The highest BCUT2D eigenvalue weighted by Gasteiger charge is 2.32. The second-order valence-corrected chi connectivity index (χ2v) is 4.58. The first-order valence-corrected chi connectivity index (χ1v) is 7.04. The van der Waals surface area contributed by atoms with Crippen molar-refractivity contribution in [1.82, 2.24) is 0 Å². The number of hydrogen-bond acceptors (Lipinski definition) is 3. The van der Waals surface area contributed by atoms with Crippen LogP contribution in [0.25, 0.3) is 0 Å². The van der Waals surface area contributed by atoms with Crippen molar-refractivity contribution >= 4 is 0 Å². The lowest BCUT2D eigenvalue weighted by Gasteiger charge is -2.32. The monoisotopic (exact) mass is 266 g/mol. The number of aryl methyl sites for hydroxylation is 2. The van der Waals surface area contributed by atoms with Gasteiger partial charge in [-0.1, -0.05) is 18.2 Å². The van der Waals surface area contributed by atoms with Crippen LogP contribution in [0.4, 0.5) is 0 Å². The molecule has 0 saturated heterocycles. The summed E-state index contributed by atoms with van der Waals surface area (Å²) in [5.74, 6) is -0.958. The maximum atomic E-state index is 5.74. The first-order valence-electron chi connectivity index (χ1n) is 7.04. The van der Waals surface area contributed by atoms with Gasteiger partial charge in [0.2, 0.25) is 0 Å². The van der Waals surface area contributed by atoms with Crippen molar-refractivity contribution in [2.45, 2.75) is 47.0 Å². The van der Waals surface area contributed by atoms with E-state index in [1.54, 1.807) is 0 Å². The Bertz CT molecular complexity index is 371. The lowest BCUT2D eigenvalue weighted by atomic mass is 10.0. The largest absolute Gasteiger partial charge is 0.327 e. The molecule has 0 saturated carbocycles. The Morgan fingerprint density at radius 2 is 1.37 bits per heavy atom. The zero-order valence-electron chi connectivity index (χ0n) is 12.8. The van der Waals surface area contributed by atoms with Crippen LogP contribution in [0.15, 0.2) is 18.2 Å². The number of rotatable bonds is 8. The third-order valence-electron chi connectivity index (χ3n) is 3.08. The van der Waals surface area contributed by atoms with Crippen molar-refractivity contribution in [3.63, 3.8) is 0 Å². The molecule has 0 radical (unpaired) electrons. The fraction of sp³-hybridized carbons (Fsp3) is 0.625. The maximum absolute atomic E-state index is 5.74. The van der Waals surface area contributed by atoms with Gasteiger partial charge in [-0.3, -0.25) is 0 Å². The fourth-order valence-corrected chi connectivity index (χ4v) is 2.10. The smallest absolute Gasteiger partial charge is 0.287 e. The van der Waals surface area contributed by atoms with E-state index in [4.69, 9.17) is 14.2 Å². The molecular weight excluding hydrogens is 240 g/mol. The Morgan fingerprint density at radius 1 is 0.842 bits per heavy atom. The molecule has 0 spiro atoms. The lowest BCUT2D eigenvalue weighted by Crippen LogP contribution is -2.41. The minimum Gasteiger partial charge on any atom is -0.327 e. The average molecular weight is 266 g/mol. The van der Waals surface area contributed by atoms with Gasteiger partial charge in [0, 0.05) is 19.8 Å². The summed E-state index contributed by atoms with van der Waals surface area (Å²) in [7, 11) is 0. The van der Waals surface area contributed by atoms with E-state index in [1.807, 2.05) is 20.8 Å². The van der Waals surface area contributed by atoms with Crippen LogP contribution in [0.1, 0.15) is 37.5 Å². The van der Waals surface area contributed by atoms with Crippen molar-refractivity contribution < 1.29 is 14.2 Å². The number of benzene rings is 1. The summed E-state index contributed by atoms with van der Waals surface area (Å²) >= 11 is 0. The van der Waals surface area contributed by atoms with E-state index in [0.29, 0.717) is 26.2 Å². The highest BCUT2D eigenvalue weighted by molar-refractivity contribution is 5.30. The molecule has 0 aliphatic heterocycles. The highest BCUT2D eigenvalue weighted by Crippen LogP contribution is 2.23. The highest BCUT2D eigenvalue weighted by atomic mass is 16.9. The Hall–Kier alpha value is -0.900. The maximum Gasteiger partial charge on any atom is 0.287 e. The van der Waals surface area contributed by atoms with Crippen molar-refractivity contribution in [2.75, 3.05) is 19.8 Å². The van der Waals surface area contributed by atoms with E-state index in [-0.39, 0.29) is 0 Å². The van der Waals surface area contributed by atoms with E-state index < -0.39 is 5.97 Å². The van der Waals surface area contributed by atoms with Gasteiger partial charge in [0.05, 0.1) is 6.42 Å². The van der Waals surface area contributed by atoms with Crippen LogP contribution in [-0.2, 0) is 20.6 Å². The van der Waals surface area contributed by atoms with Crippen LogP contribution in [-0.4, -0.2) is 25.8 Å². The first kappa shape index (κ1) is 16.2. The van der Waals surface area contributed by atoms with Gasteiger partial charge in [0.15, 0.2) is 0 Å². The summed E-state index contributed by atoms with van der Waals surface area (Å²) in [6, 6.07) is 6.40. The van der Waals surface area contributed by atoms with E-state index in [2.05, 4.69) is 32.0 Å². The van der Waals surface area contributed by atoms with Crippen molar-refractivity contribution in [3.8, 4) is 0 Å². The fourth-order valence-electron chi connectivity index (χ4n) is 2.10. The second-order valence-electron chi connectivity index (χ2n) is 4.58. The lowest BCUT2D eigenvalue weighted by molar-refractivity contribution is -0.376. The molecule has 1 aromatic rings. The molecule has 1 aromatic carbocycles. The summed E-state index contributed by atoms with van der Waals surface area (Å²) in [4.78, 5) is 0. The SMILES string of the molecule is CCOC(Cc1ccc(C)c(C)c1)(OCC)OCC. The van der Waals surface area contributed by atoms with Crippen LogP contribution in [0.2, 0.25) is 0 Å². The molecule has 0 bridgehead atoms. The van der Waals surface area contributed by atoms with Crippen LogP contribution >= 0.6 is 0 Å². The molecule has 3 nitrogen and oxygen atoms in total. The Kier molecular flexibility index (Phi) is 6.49. The van der Waals surface area contributed by atoms with Gasteiger partial charge < -0.3 is 14.2 Å². The average Bonchev–Trinajstić information content (AvgIpc) is 2.35. The predicted octanol–water partition coefficient (Wildman–Crippen LogP) is 3.61. The molecule has 19 heavy (non-hydrogen) atoms. The third-order valence-corrected chi connectivity index (χ3v) is 3.08. The minimum atomic E-state index is -0.958. The van der Waals surface area contributed by atoms with Gasteiger partial charge >= 0.3 is 0 Å². The van der Waals surface area contributed by atoms with E-state index in [0.717, 1.165) is 0 Å². The van der Waals surface area contributed by atoms with Crippen molar-refractivity contribution in [1.29, 1.82) is 0 Å². The van der Waals surface area contributed by atoms with E-state index in [1.165, 1.54) is 16.7 Å². The molecule has 1 rings (SSSR count). The first-order chi connectivity index (χ1) is 9.06. The van der Waals surface area contributed by atoms with Crippen LogP contribution in [0.5, 0.6) is 0 Å². The molecule has 0 amide bonds. The van der Waals surface area contributed by atoms with Gasteiger partial charge in [-0.25, -0.2) is 0 Å². The van der Waals surface area contributed by atoms with Gasteiger partial charge in [0.1, 0.15) is 0 Å². The topological polar surface area (TPSA) is 27.7 Å². The van der Waals surface area contributed by atoms with Gasteiger partial charge in [0.25, 0.3) is 5.97 Å². The Balaban J connectivity index is 2.93. The van der Waals surface area contributed by atoms with Gasteiger partial charge in [-0.05, 0) is 51.3 Å².